The quantitative estimate of drug-likeness (QED) is 0.595. The van der Waals surface area contributed by atoms with Crippen LogP contribution in [0.25, 0.3) is 10.9 Å². The average Bonchev–Trinajstić information content (AvgIpc) is 3.08. The van der Waals surface area contributed by atoms with E-state index in [1.54, 1.807) is 0 Å². The van der Waals surface area contributed by atoms with Crippen LogP contribution in [-0.2, 0) is 16.4 Å². The molecule has 0 aliphatic rings. The van der Waals surface area contributed by atoms with E-state index in [-0.39, 0.29) is 5.75 Å². The maximum Gasteiger partial charge on any atom is 0.211 e. The summed E-state index contributed by atoms with van der Waals surface area (Å²) in [6, 6.07) is 7.91. The van der Waals surface area contributed by atoms with Gasteiger partial charge in [-0.2, -0.15) is 0 Å². The number of hydrogen-bond donors (Lipinski definition) is 3. The first-order valence-electron chi connectivity index (χ1n) is 9.09. The highest BCUT2D eigenvalue weighted by Gasteiger charge is 2.07. The Kier molecular flexibility index (Phi) is 9.78. The third-order valence-corrected chi connectivity index (χ3v) is 5.71. The van der Waals surface area contributed by atoms with Gasteiger partial charge in [0.05, 0.1) is 5.75 Å². The lowest BCUT2D eigenvalue weighted by atomic mass is 10.1. The second-order valence-electron chi connectivity index (χ2n) is 6.33. The fourth-order valence-electron chi connectivity index (χ4n) is 2.34. The first kappa shape index (κ1) is 21.7. The molecular weight excluding hydrogens is 334 g/mol. The Bertz CT molecular complexity index is 710. The van der Waals surface area contributed by atoms with Gasteiger partial charge >= 0.3 is 0 Å². The van der Waals surface area contributed by atoms with Crippen molar-refractivity contribution in [2.45, 2.75) is 40.0 Å². The minimum Gasteiger partial charge on any atom is -0.361 e. The van der Waals surface area contributed by atoms with Gasteiger partial charge in [0, 0.05) is 11.7 Å². The highest BCUT2D eigenvalue weighted by molar-refractivity contribution is 7.89. The number of hydrogen-bond acceptors (Lipinski definition) is 3. The number of sulfonamides is 1. The van der Waals surface area contributed by atoms with Gasteiger partial charge in [-0.1, -0.05) is 33.3 Å². The van der Waals surface area contributed by atoms with Crippen molar-refractivity contribution in [1.29, 1.82) is 0 Å². The van der Waals surface area contributed by atoms with Gasteiger partial charge < -0.3 is 10.3 Å². The van der Waals surface area contributed by atoms with Crippen molar-refractivity contribution < 1.29 is 8.42 Å². The van der Waals surface area contributed by atoms with E-state index in [4.69, 9.17) is 0 Å². The summed E-state index contributed by atoms with van der Waals surface area (Å²) < 4.78 is 24.8. The minimum atomic E-state index is -3.12. The molecule has 0 radical (unpaired) electrons. The first-order chi connectivity index (χ1) is 11.9. The summed E-state index contributed by atoms with van der Waals surface area (Å²) in [6.07, 6.45) is 5.04. The number of aromatic amines is 1. The van der Waals surface area contributed by atoms with Crippen LogP contribution in [0.1, 0.15) is 39.2 Å². The largest absolute Gasteiger partial charge is 0.361 e. The molecule has 5 nitrogen and oxygen atoms in total. The molecule has 0 bridgehead atoms. The van der Waals surface area contributed by atoms with Crippen LogP contribution in [0, 0.1) is 5.92 Å². The van der Waals surface area contributed by atoms with Crippen molar-refractivity contribution in [3.05, 3.63) is 36.0 Å². The third-order valence-electron chi connectivity index (χ3n) is 4.35. The van der Waals surface area contributed by atoms with Gasteiger partial charge in [0.25, 0.3) is 0 Å². The summed E-state index contributed by atoms with van der Waals surface area (Å²) in [7, 11) is -1.68. The predicted octanol–water partition coefficient (Wildman–Crippen LogP) is 3.29. The predicted molar refractivity (Wildman–Crippen MR) is 107 cm³/mol. The summed E-state index contributed by atoms with van der Waals surface area (Å²) in [5, 5.41) is 4.42. The van der Waals surface area contributed by atoms with Crippen molar-refractivity contribution in [3.63, 3.8) is 0 Å². The molecular formula is C19H33N3O2S. The highest BCUT2D eigenvalue weighted by Crippen LogP contribution is 2.14. The van der Waals surface area contributed by atoms with Crippen LogP contribution in [0.3, 0.4) is 0 Å². The molecule has 2 aromatic rings. The molecule has 1 heterocycles. The molecule has 0 saturated carbocycles. The van der Waals surface area contributed by atoms with Crippen molar-refractivity contribution in [1.82, 2.24) is 15.0 Å². The Morgan fingerprint density at radius 3 is 2.60 bits per heavy atom. The van der Waals surface area contributed by atoms with E-state index in [1.165, 1.54) is 26.4 Å². The number of rotatable bonds is 9. The van der Waals surface area contributed by atoms with Crippen LogP contribution >= 0.6 is 0 Å². The molecule has 1 unspecified atom stereocenters. The van der Waals surface area contributed by atoms with Gasteiger partial charge in [-0.25, -0.2) is 13.1 Å². The van der Waals surface area contributed by atoms with Crippen LogP contribution in [0.15, 0.2) is 30.5 Å². The maximum absolute atomic E-state index is 11.3. The molecule has 142 valence electrons. The molecule has 0 aliphatic heterocycles. The molecule has 2 rings (SSSR count). The van der Waals surface area contributed by atoms with E-state index in [9.17, 15) is 8.42 Å². The Hall–Kier alpha value is -1.37. The topological polar surface area (TPSA) is 74.0 Å². The number of benzene rings is 1. The zero-order chi connectivity index (χ0) is 18.7. The Morgan fingerprint density at radius 1 is 1.20 bits per heavy atom. The van der Waals surface area contributed by atoms with Crippen LogP contribution in [-0.4, -0.2) is 39.3 Å². The van der Waals surface area contributed by atoms with E-state index >= 15 is 0 Å². The van der Waals surface area contributed by atoms with Crippen molar-refractivity contribution in [3.8, 4) is 0 Å². The van der Waals surface area contributed by atoms with Crippen molar-refractivity contribution in [2.75, 3.05) is 25.9 Å². The highest BCUT2D eigenvalue weighted by atomic mass is 32.2. The van der Waals surface area contributed by atoms with Crippen LogP contribution in [0.4, 0.5) is 0 Å². The SMILES string of the molecule is CCNCCC(C)CC.CNS(=O)(=O)CCc1ccc2[nH]ccc2c1. The molecule has 0 saturated heterocycles. The number of fused-ring (bicyclic) bond motifs is 1. The first-order valence-corrected chi connectivity index (χ1v) is 10.7. The Morgan fingerprint density at radius 2 is 1.96 bits per heavy atom. The van der Waals surface area contributed by atoms with E-state index in [2.05, 4.69) is 35.8 Å². The summed E-state index contributed by atoms with van der Waals surface area (Å²) in [6.45, 7) is 8.99. The summed E-state index contributed by atoms with van der Waals surface area (Å²) >= 11 is 0. The van der Waals surface area contributed by atoms with Crippen LogP contribution in [0.2, 0.25) is 0 Å². The average molecular weight is 368 g/mol. The molecule has 25 heavy (non-hydrogen) atoms. The van der Waals surface area contributed by atoms with Crippen molar-refractivity contribution >= 4 is 20.9 Å². The fraction of sp³-hybridized carbons (Fsp3) is 0.579. The van der Waals surface area contributed by atoms with Gasteiger partial charge in [-0.15, -0.1) is 0 Å². The van der Waals surface area contributed by atoms with Gasteiger partial charge in [-0.3, -0.25) is 0 Å². The molecule has 1 aromatic heterocycles. The van der Waals surface area contributed by atoms with E-state index in [0.29, 0.717) is 6.42 Å². The monoisotopic (exact) mass is 367 g/mol. The molecule has 6 heteroatoms. The molecule has 3 N–H and O–H groups in total. The van der Waals surface area contributed by atoms with E-state index in [1.807, 2.05) is 30.5 Å². The van der Waals surface area contributed by atoms with Gasteiger partial charge in [0.15, 0.2) is 0 Å². The minimum absolute atomic E-state index is 0.124. The molecule has 1 atom stereocenters. The Balaban J connectivity index is 0.000000299. The lowest BCUT2D eigenvalue weighted by Crippen LogP contribution is -2.23. The third kappa shape index (κ3) is 8.52. The van der Waals surface area contributed by atoms with Gasteiger partial charge in [0.1, 0.15) is 0 Å². The Labute approximate surface area is 152 Å². The molecule has 0 aliphatic carbocycles. The zero-order valence-corrected chi connectivity index (χ0v) is 16.7. The van der Waals surface area contributed by atoms with Crippen molar-refractivity contribution in [2.24, 2.45) is 5.92 Å². The van der Waals surface area contributed by atoms with Gasteiger partial charge in [0.2, 0.25) is 10.0 Å². The smallest absolute Gasteiger partial charge is 0.211 e. The second-order valence-corrected chi connectivity index (χ2v) is 8.37. The lowest BCUT2D eigenvalue weighted by Gasteiger charge is -2.06. The maximum atomic E-state index is 11.3. The van der Waals surface area contributed by atoms with E-state index in [0.717, 1.165) is 28.9 Å². The fourth-order valence-corrected chi connectivity index (χ4v) is 3.05. The number of nitrogens with one attached hydrogen (secondary N) is 3. The molecule has 1 aromatic carbocycles. The van der Waals surface area contributed by atoms with E-state index < -0.39 is 10.0 Å². The molecule has 0 fully saturated rings. The summed E-state index contributed by atoms with van der Waals surface area (Å²) in [5.74, 6) is 1.02. The standard InChI is InChI=1S/C11H14N2O2S.C8H19N/c1-12-16(14,15)7-5-9-2-3-11-10(8-9)4-6-13-11;1-4-8(3)6-7-9-5-2/h2-4,6,8,12-13H,5,7H2,1H3;8-9H,4-7H2,1-3H3. The summed E-state index contributed by atoms with van der Waals surface area (Å²) in [5.41, 5.74) is 2.10. The van der Waals surface area contributed by atoms with Crippen LogP contribution < -0.4 is 10.0 Å². The van der Waals surface area contributed by atoms with Gasteiger partial charge in [-0.05, 0) is 68.0 Å². The lowest BCUT2D eigenvalue weighted by molar-refractivity contribution is 0.493. The van der Waals surface area contributed by atoms with Crippen LogP contribution in [0.5, 0.6) is 0 Å². The number of aromatic nitrogens is 1. The second kappa shape index (κ2) is 11.3. The number of aryl methyl sites for hydroxylation is 1. The number of H-pyrrole nitrogens is 1. The molecule has 0 spiro atoms. The molecule has 0 amide bonds. The zero-order valence-electron chi connectivity index (χ0n) is 15.9. The summed E-state index contributed by atoms with van der Waals surface area (Å²) in [4.78, 5) is 3.10. The normalized spacial score (nSPS) is 12.6.